The smallest absolute Gasteiger partial charge is 0.340 e. The van der Waals surface area contributed by atoms with Crippen LogP contribution in [0.1, 0.15) is 27.0 Å². The molecule has 0 saturated heterocycles. The Morgan fingerprint density at radius 1 is 0.963 bits per heavy atom. The second kappa shape index (κ2) is 5.53. The molecule has 27 heavy (non-hydrogen) atoms. The van der Waals surface area contributed by atoms with E-state index >= 15 is 0 Å². The van der Waals surface area contributed by atoms with Crippen LogP contribution in [0.2, 0.25) is 0 Å². The van der Waals surface area contributed by atoms with E-state index in [1.165, 1.54) is 6.07 Å². The molecule has 2 aliphatic rings. The number of nitrogens with zero attached hydrogens (tertiary/aromatic N) is 1. The van der Waals surface area contributed by atoms with Gasteiger partial charge in [-0.2, -0.15) is 5.26 Å². The number of carbonyl (C=O) groups is 1. The van der Waals surface area contributed by atoms with E-state index in [9.17, 15) is 9.90 Å². The molecule has 1 N–H and O–H groups in total. The van der Waals surface area contributed by atoms with Crippen LogP contribution in [-0.4, -0.2) is 11.1 Å². The lowest BCUT2D eigenvalue weighted by atomic mass is 9.78. The minimum atomic E-state index is -1.15. The first-order chi connectivity index (χ1) is 13.1. The summed E-state index contributed by atoms with van der Waals surface area (Å²) in [5, 5.41) is 20.8. The van der Waals surface area contributed by atoms with Crippen molar-refractivity contribution in [2.45, 2.75) is 10.5 Å². The average Bonchev–Trinajstić information content (AvgIpc) is 2.95. The van der Waals surface area contributed by atoms with Gasteiger partial charge >= 0.3 is 5.97 Å². The Morgan fingerprint density at radius 2 is 1.74 bits per heavy atom. The van der Waals surface area contributed by atoms with Gasteiger partial charge in [0.25, 0.3) is 0 Å². The molecule has 0 aliphatic carbocycles. The van der Waals surface area contributed by atoms with E-state index in [1.54, 1.807) is 30.3 Å². The number of carbonyl (C=O) groups excluding carboxylic acids is 1. The molecule has 0 amide bonds. The fraction of sp³-hybridized carbons (Fsp3) is 0.0476. The molecule has 0 radical (unpaired) electrons. The van der Waals surface area contributed by atoms with Gasteiger partial charge in [-0.15, -0.1) is 0 Å². The van der Waals surface area contributed by atoms with Gasteiger partial charge < -0.3 is 14.6 Å². The maximum Gasteiger partial charge on any atom is 0.340 e. The van der Waals surface area contributed by atoms with Crippen molar-refractivity contribution in [1.82, 2.24) is 0 Å². The van der Waals surface area contributed by atoms with E-state index in [2.05, 4.69) is 0 Å². The molecule has 3 aromatic rings. The first-order valence-corrected chi connectivity index (χ1v) is 9.00. The van der Waals surface area contributed by atoms with E-state index in [0.717, 1.165) is 17.3 Å². The van der Waals surface area contributed by atoms with E-state index in [1.807, 2.05) is 29.7 Å². The number of para-hydroxylation sites is 1. The minimum absolute atomic E-state index is 0.0635. The van der Waals surface area contributed by atoms with Gasteiger partial charge in [0.2, 0.25) is 0 Å². The first-order valence-electron chi connectivity index (χ1n) is 8.18. The molecule has 130 valence electrons. The molecule has 6 heteroatoms. The van der Waals surface area contributed by atoms with E-state index < -0.39 is 11.6 Å². The highest BCUT2D eigenvalue weighted by Gasteiger charge is 2.53. The van der Waals surface area contributed by atoms with Crippen molar-refractivity contribution >= 4 is 17.7 Å². The maximum atomic E-state index is 12.8. The molecule has 1 spiro atoms. The summed E-state index contributed by atoms with van der Waals surface area (Å²) in [5.41, 5.74) is 1.33. The number of ether oxygens (including phenoxy) is 2. The van der Waals surface area contributed by atoms with Crippen molar-refractivity contribution in [3.63, 3.8) is 0 Å². The molecule has 0 saturated carbocycles. The standard InChI is InChI=1S/C21H11NO4S/c22-11-27-13-6-8-15-14(10-13)20(24)26-21(15)16-3-1-2-4-18(16)25-19-9-12(23)5-7-17(19)21/h1-10,23H. The summed E-state index contributed by atoms with van der Waals surface area (Å²) < 4.78 is 12.0. The van der Waals surface area contributed by atoms with Gasteiger partial charge in [0.1, 0.15) is 22.6 Å². The Hall–Kier alpha value is -3.43. The number of hydrogen-bond acceptors (Lipinski definition) is 6. The van der Waals surface area contributed by atoms with Crippen molar-refractivity contribution in [1.29, 1.82) is 5.26 Å². The summed E-state index contributed by atoms with van der Waals surface area (Å²) in [7, 11) is 0. The summed E-state index contributed by atoms with van der Waals surface area (Å²) >= 11 is 0.992. The maximum absolute atomic E-state index is 12.8. The summed E-state index contributed by atoms with van der Waals surface area (Å²) in [5.74, 6) is 0.603. The van der Waals surface area contributed by atoms with Gasteiger partial charge in [0.15, 0.2) is 5.60 Å². The third kappa shape index (κ3) is 2.09. The fourth-order valence-corrected chi connectivity index (χ4v) is 4.18. The Kier molecular flexibility index (Phi) is 3.24. The van der Waals surface area contributed by atoms with Crippen LogP contribution >= 0.6 is 11.8 Å². The Balaban J connectivity index is 1.84. The molecule has 1 atom stereocenters. The van der Waals surface area contributed by atoms with Gasteiger partial charge in [0, 0.05) is 27.7 Å². The van der Waals surface area contributed by atoms with Crippen LogP contribution in [0.4, 0.5) is 0 Å². The predicted octanol–water partition coefficient (Wildman–Crippen LogP) is 4.53. The Bertz CT molecular complexity index is 1170. The summed E-state index contributed by atoms with van der Waals surface area (Å²) in [4.78, 5) is 13.5. The molecule has 2 aliphatic heterocycles. The van der Waals surface area contributed by atoms with Gasteiger partial charge in [-0.1, -0.05) is 24.3 Å². The van der Waals surface area contributed by atoms with Crippen molar-refractivity contribution < 1.29 is 19.4 Å². The lowest BCUT2D eigenvalue weighted by Crippen LogP contribution is -2.32. The highest BCUT2D eigenvalue weighted by Crippen LogP contribution is 2.56. The van der Waals surface area contributed by atoms with E-state index in [-0.39, 0.29) is 5.75 Å². The summed E-state index contributed by atoms with van der Waals surface area (Å²) in [6.45, 7) is 0. The molecule has 1 unspecified atom stereocenters. The molecule has 5 rings (SSSR count). The van der Waals surface area contributed by atoms with Crippen molar-refractivity contribution in [2.24, 2.45) is 0 Å². The predicted molar refractivity (Wildman–Crippen MR) is 97.8 cm³/mol. The number of phenolic OH excluding ortho intramolecular Hbond substituents is 1. The van der Waals surface area contributed by atoms with Crippen molar-refractivity contribution in [3.05, 3.63) is 82.9 Å². The van der Waals surface area contributed by atoms with Crippen LogP contribution in [0.25, 0.3) is 0 Å². The molecule has 2 heterocycles. The van der Waals surface area contributed by atoms with Crippen molar-refractivity contribution in [2.75, 3.05) is 0 Å². The van der Waals surface area contributed by atoms with Crippen LogP contribution in [0.15, 0.2) is 65.6 Å². The quantitative estimate of drug-likeness (QED) is 0.383. The number of hydrogen-bond donors (Lipinski definition) is 1. The lowest BCUT2D eigenvalue weighted by molar-refractivity contribution is 0.0224. The second-order valence-electron chi connectivity index (χ2n) is 6.25. The Morgan fingerprint density at radius 3 is 2.59 bits per heavy atom. The fourth-order valence-electron chi connectivity index (χ4n) is 3.76. The Labute approximate surface area is 158 Å². The van der Waals surface area contributed by atoms with Crippen LogP contribution in [0, 0.1) is 10.7 Å². The van der Waals surface area contributed by atoms with Gasteiger partial charge in [0.05, 0.1) is 5.56 Å². The second-order valence-corrected chi connectivity index (χ2v) is 7.11. The highest BCUT2D eigenvalue weighted by molar-refractivity contribution is 8.03. The van der Waals surface area contributed by atoms with Gasteiger partial charge in [-0.25, -0.2) is 4.79 Å². The molecule has 0 fully saturated rings. The number of nitriles is 1. The third-order valence-corrected chi connectivity index (χ3v) is 5.41. The number of benzene rings is 3. The number of rotatable bonds is 1. The molecular weight excluding hydrogens is 362 g/mol. The van der Waals surface area contributed by atoms with Gasteiger partial charge in [-0.05, 0) is 42.1 Å². The molecule has 0 aromatic heterocycles. The van der Waals surface area contributed by atoms with Crippen LogP contribution < -0.4 is 4.74 Å². The average molecular weight is 373 g/mol. The van der Waals surface area contributed by atoms with Crippen molar-refractivity contribution in [3.8, 4) is 22.6 Å². The number of aromatic hydroxyl groups is 1. The topological polar surface area (TPSA) is 79.6 Å². The van der Waals surface area contributed by atoms with E-state index in [4.69, 9.17) is 14.7 Å². The van der Waals surface area contributed by atoms with Crippen LogP contribution in [-0.2, 0) is 10.3 Å². The number of thioether (sulfide) groups is 1. The van der Waals surface area contributed by atoms with Crippen LogP contribution in [0.5, 0.6) is 17.2 Å². The number of phenols is 1. The molecule has 5 nitrogen and oxygen atoms in total. The summed E-state index contributed by atoms with van der Waals surface area (Å²) in [6, 6.07) is 17.4. The number of esters is 1. The number of fused-ring (bicyclic) bond motifs is 6. The summed E-state index contributed by atoms with van der Waals surface area (Å²) in [6.07, 6.45) is 0. The number of thiocyanates is 1. The van der Waals surface area contributed by atoms with E-state index in [0.29, 0.717) is 33.1 Å². The molecular formula is C21H11NO4S. The van der Waals surface area contributed by atoms with Crippen LogP contribution in [0.3, 0.4) is 0 Å². The molecule has 3 aromatic carbocycles. The zero-order valence-corrected chi connectivity index (χ0v) is 14.6. The SMILES string of the molecule is N#CSc1ccc2c(c1)C(=O)OC21c2ccccc2Oc2cc(O)ccc21. The molecule has 0 bridgehead atoms. The zero-order valence-electron chi connectivity index (χ0n) is 13.8. The monoisotopic (exact) mass is 373 g/mol. The third-order valence-electron chi connectivity index (χ3n) is 4.83. The normalized spacial score (nSPS) is 18.7. The largest absolute Gasteiger partial charge is 0.508 e. The minimum Gasteiger partial charge on any atom is -0.508 e. The first kappa shape index (κ1) is 15.8. The lowest BCUT2D eigenvalue weighted by Gasteiger charge is -2.36. The van der Waals surface area contributed by atoms with Gasteiger partial charge in [-0.3, -0.25) is 0 Å². The highest BCUT2D eigenvalue weighted by atomic mass is 32.2. The zero-order chi connectivity index (χ0) is 18.6.